The van der Waals surface area contributed by atoms with Crippen molar-refractivity contribution >= 4 is 74.8 Å². The molecule has 0 spiro atoms. The predicted molar refractivity (Wildman–Crippen MR) is 143 cm³/mol. The number of carbonyl (C=O) groups excluding carboxylic acids is 2. The molecule has 0 N–H and O–H groups in total. The molecular formula is C25H18Cl2INO3S. The zero-order valence-corrected chi connectivity index (χ0v) is 22.0. The summed E-state index contributed by atoms with van der Waals surface area (Å²) < 4.78 is 6.79. The molecule has 2 amide bonds. The van der Waals surface area contributed by atoms with E-state index in [1.807, 2.05) is 55.5 Å². The van der Waals surface area contributed by atoms with E-state index in [4.69, 9.17) is 27.9 Å². The number of benzene rings is 3. The molecule has 1 heterocycles. The minimum Gasteiger partial charge on any atom is -0.488 e. The van der Waals surface area contributed by atoms with Crippen molar-refractivity contribution in [3.63, 3.8) is 0 Å². The third kappa shape index (κ3) is 5.93. The Balaban J connectivity index is 1.45. The lowest BCUT2D eigenvalue weighted by Gasteiger charge is -2.12. The first kappa shape index (κ1) is 24.1. The van der Waals surface area contributed by atoms with Crippen LogP contribution >= 0.6 is 57.6 Å². The Morgan fingerprint density at radius 1 is 1.03 bits per heavy atom. The molecule has 1 aliphatic heterocycles. The van der Waals surface area contributed by atoms with Gasteiger partial charge in [0.2, 0.25) is 0 Å². The molecule has 0 bridgehead atoms. The Labute approximate surface area is 220 Å². The van der Waals surface area contributed by atoms with Crippen molar-refractivity contribution in [2.24, 2.45) is 0 Å². The molecule has 0 saturated carbocycles. The molecule has 4 rings (SSSR count). The molecule has 168 valence electrons. The van der Waals surface area contributed by atoms with Gasteiger partial charge in [-0.2, -0.15) is 0 Å². The number of halogens is 3. The van der Waals surface area contributed by atoms with Gasteiger partial charge >= 0.3 is 0 Å². The molecule has 0 unspecified atom stereocenters. The van der Waals surface area contributed by atoms with Crippen molar-refractivity contribution in [3.8, 4) is 5.75 Å². The van der Waals surface area contributed by atoms with Crippen molar-refractivity contribution in [1.82, 2.24) is 4.90 Å². The molecule has 0 atom stereocenters. The minimum absolute atomic E-state index is 0.263. The van der Waals surface area contributed by atoms with Crippen molar-refractivity contribution in [2.75, 3.05) is 0 Å². The first-order valence-electron chi connectivity index (χ1n) is 9.97. The summed E-state index contributed by atoms with van der Waals surface area (Å²) in [6, 6.07) is 18.7. The second-order valence-corrected chi connectivity index (χ2v) is 10.5. The quantitative estimate of drug-likeness (QED) is 0.212. The molecule has 3 aromatic rings. The third-order valence-electron chi connectivity index (χ3n) is 4.99. The average Bonchev–Trinajstić information content (AvgIpc) is 3.03. The lowest BCUT2D eigenvalue weighted by Crippen LogP contribution is -2.27. The molecule has 0 aliphatic carbocycles. The summed E-state index contributed by atoms with van der Waals surface area (Å²) in [7, 11) is 0. The fraction of sp³-hybridized carbons (Fsp3) is 0.120. The smallest absolute Gasteiger partial charge is 0.293 e. The summed E-state index contributed by atoms with van der Waals surface area (Å²) in [5.41, 5.74) is 3.70. The molecule has 1 aliphatic rings. The van der Waals surface area contributed by atoms with Gasteiger partial charge in [0.1, 0.15) is 12.4 Å². The van der Waals surface area contributed by atoms with Crippen LogP contribution < -0.4 is 4.74 Å². The van der Waals surface area contributed by atoms with Crippen LogP contribution in [-0.4, -0.2) is 16.0 Å². The fourth-order valence-corrected chi connectivity index (χ4v) is 5.18. The maximum Gasteiger partial charge on any atom is 0.293 e. The number of hydrogen-bond donors (Lipinski definition) is 0. The number of hydrogen-bond acceptors (Lipinski definition) is 4. The SMILES string of the molecule is Cc1ccc(CN2C(=O)S/C(=C\c3ccc(OCc4ccc(Cl)cc4Cl)c(I)c3)C2=O)cc1. The van der Waals surface area contributed by atoms with E-state index in [0.717, 1.165) is 37.6 Å². The number of nitrogens with zero attached hydrogens (tertiary/aromatic N) is 1. The standard InChI is InChI=1S/C25H18Cl2INO3S/c1-15-2-4-16(5-3-15)13-29-24(30)23(33-25(29)31)11-17-6-9-22(21(28)10-17)32-14-18-7-8-19(26)12-20(18)27/h2-12H,13-14H2,1H3/b23-11-. The monoisotopic (exact) mass is 609 g/mol. The van der Waals surface area contributed by atoms with Crippen LogP contribution in [0.1, 0.15) is 22.3 Å². The molecule has 1 saturated heterocycles. The third-order valence-corrected chi connectivity index (χ3v) is 7.32. The summed E-state index contributed by atoms with van der Waals surface area (Å²) >= 11 is 15.3. The Kier molecular flexibility index (Phi) is 7.69. The molecule has 3 aromatic carbocycles. The van der Waals surface area contributed by atoms with Crippen LogP contribution in [0.4, 0.5) is 4.79 Å². The highest BCUT2D eigenvalue weighted by atomic mass is 127. The number of carbonyl (C=O) groups is 2. The zero-order valence-electron chi connectivity index (χ0n) is 17.5. The van der Waals surface area contributed by atoms with E-state index in [1.165, 1.54) is 4.90 Å². The number of rotatable bonds is 6. The van der Waals surface area contributed by atoms with E-state index in [-0.39, 0.29) is 17.7 Å². The largest absolute Gasteiger partial charge is 0.488 e. The van der Waals surface area contributed by atoms with Crippen molar-refractivity contribution in [2.45, 2.75) is 20.1 Å². The highest BCUT2D eigenvalue weighted by Gasteiger charge is 2.35. The van der Waals surface area contributed by atoms with Gasteiger partial charge in [-0.05, 0) is 82.7 Å². The summed E-state index contributed by atoms with van der Waals surface area (Å²) in [4.78, 5) is 26.9. The lowest BCUT2D eigenvalue weighted by atomic mass is 10.1. The number of ether oxygens (including phenoxy) is 1. The van der Waals surface area contributed by atoms with Crippen LogP contribution in [0.25, 0.3) is 6.08 Å². The number of imide groups is 1. The Hall–Kier alpha value is -2.00. The van der Waals surface area contributed by atoms with Gasteiger partial charge in [0.15, 0.2) is 0 Å². The van der Waals surface area contributed by atoms with Crippen molar-refractivity contribution < 1.29 is 14.3 Å². The molecular weight excluding hydrogens is 592 g/mol. The van der Waals surface area contributed by atoms with Crippen LogP contribution in [0, 0.1) is 10.5 Å². The van der Waals surface area contributed by atoms with Crippen LogP contribution in [0.3, 0.4) is 0 Å². The topological polar surface area (TPSA) is 46.6 Å². The summed E-state index contributed by atoms with van der Waals surface area (Å²) in [5, 5.41) is 0.864. The summed E-state index contributed by atoms with van der Waals surface area (Å²) in [6.45, 7) is 2.57. The van der Waals surface area contributed by atoms with Gasteiger partial charge in [-0.1, -0.05) is 65.2 Å². The molecule has 8 heteroatoms. The van der Waals surface area contributed by atoms with Crippen molar-refractivity contribution in [1.29, 1.82) is 0 Å². The summed E-state index contributed by atoms with van der Waals surface area (Å²) in [6.07, 6.45) is 1.74. The highest BCUT2D eigenvalue weighted by Crippen LogP contribution is 2.34. The molecule has 0 radical (unpaired) electrons. The first-order valence-corrected chi connectivity index (χ1v) is 12.6. The number of thioether (sulfide) groups is 1. The highest BCUT2D eigenvalue weighted by molar-refractivity contribution is 14.1. The van der Waals surface area contributed by atoms with Crippen LogP contribution in [0.5, 0.6) is 5.75 Å². The average molecular weight is 610 g/mol. The van der Waals surface area contributed by atoms with E-state index >= 15 is 0 Å². The van der Waals surface area contributed by atoms with E-state index in [1.54, 1.807) is 18.2 Å². The maximum absolute atomic E-state index is 12.8. The van der Waals surface area contributed by atoms with Crippen LogP contribution in [-0.2, 0) is 17.9 Å². The minimum atomic E-state index is -0.279. The normalized spacial score (nSPS) is 14.9. The molecule has 4 nitrogen and oxygen atoms in total. The molecule has 1 fully saturated rings. The number of aryl methyl sites for hydroxylation is 1. The van der Waals surface area contributed by atoms with Crippen LogP contribution in [0.2, 0.25) is 10.0 Å². The van der Waals surface area contributed by atoms with Crippen molar-refractivity contribution in [3.05, 3.63) is 101 Å². The maximum atomic E-state index is 12.8. The Morgan fingerprint density at radius 2 is 1.79 bits per heavy atom. The van der Waals surface area contributed by atoms with E-state index in [2.05, 4.69) is 22.6 Å². The van der Waals surface area contributed by atoms with Gasteiger partial charge in [-0.3, -0.25) is 14.5 Å². The van der Waals surface area contributed by atoms with Gasteiger partial charge in [-0.25, -0.2) is 0 Å². The second-order valence-electron chi connectivity index (χ2n) is 7.47. The van der Waals surface area contributed by atoms with Gasteiger partial charge in [0.25, 0.3) is 11.1 Å². The molecule has 33 heavy (non-hydrogen) atoms. The van der Waals surface area contributed by atoms with Gasteiger partial charge in [0.05, 0.1) is 15.0 Å². The summed E-state index contributed by atoms with van der Waals surface area (Å²) in [5.74, 6) is 0.421. The lowest BCUT2D eigenvalue weighted by molar-refractivity contribution is -0.123. The second kappa shape index (κ2) is 10.5. The van der Waals surface area contributed by atoms with E-state index in [9.17, 15) is 9.59 Å². The zero-order chi connectivity index (χ0) is 23.5. The Morgan fingerprint density at radius 3 is 2.48 bits per heavy atom. The van der Waals surface area contributed by atoms with Crippen LogP contribution in [0.15, 0.2) is 65.6 Å². The first-order chi connectivity index (χ1) is 15.8. The van der Waals surface area contributed by atoms with Gasteiger partial charge < -0.3 is 4.74 Å². The Bertz CT molecular complexity index is 1260. The van der Waals surface area contributed by atoms with E-state index in [0.29, 0.717) is 27.3 Å². The van der Waals surface area contributed by atoms with Gasteiger partial charge in [-0.15, -0.1) is 0 Å². The van der Waals surface area contributed by atoms with Gasteiger partial charge in [0, 0.05) is 15.6 Å². The fourth-order valence-electron chi connectivity index (χ4n) is 3.18. The number of amides is 2. The molecule has 0 aromatic heterocycles. The van der Waals surface area contributed by atoms with E-state index < -0.39 is 0 Å². The predicted octanol–water partition coefficient (Wildman–Crippen LogP) is 7.72.